The van der Waals surface area contributed by atoms with Crippen molar-refractivity contribution in [1.29, 1.82) is 0 Å². The normalized spacial score (nSPS) is 15.8. The summed E-state index contributed by atoms with van der Waals surface area (Å²) in [6.07, 6.45) is 0.191. The number of benzene rings is 3. The number of carbonyl (C=O) groups is 2. The molecule has 4 rings (SSSR count). The lowest BCUT2D eigenvalue weighted by Gasteiger charge is -2.36. The van der Waals surface area contributed by atoms with Crippen LogP contribution in [0.15, 0.2) is 82.2 Å². The third-order valence-electron chi connectivity index (χ3n) is 5.66. The Kier molecular flexibility index (Phi) is 7.63. The van der Waals surface area contributed by atoms with Gasteiger partial charge in [0, 0.05) is 11.0 Å². The number of ether oxygens (including phenoxy) is 1. The van der Waals surface area contributed by atoms with Crippen LogP contribution in [0.25, 0.3) is 0 Å². The molecule has 0 spiro atoms. The molecule has 0 saturated carbocycles. The Morgan fingerprint density at radius 2 is 1.71 bits per heavy atom. The van der Waals surface area contributed by atoms with Crippen LogP contribution in [0.1, 0.15) is 23.6 Å². The van der Waals surface area contributed by atoms with Gasteiger partial charge in [-0.3, -0.25) is 9.59 Å². The van der Waals surface area contributed by atoms with Crippen molar-refractivity contribution in [3.63, 3.8) is 0 Å². The average Bonchev–Trinajstić information content (AvgIpc) is 2.84. The summed E-state index contributed by atoms with van der Waals surface area (Å²) in [5.41, 5.74) is 2.16. The van der Waals surface area contributed by atoms with Gasteiger partial charge in [0.15, 0.2) is 6.61 Å². The zero-order valence-corrected chi connectivity index (χ0v) is 20.9. The highest BCUT2D eigenvalue weighted by molar-refractivity contribution is 9.10. The lowest BCUT2D eigenvalue weighted by atomic mass is 9.92. The van der Waals surface area contributed by atoms with Gasteiger partial charge < -0.3 is 10.1 Å². The first-order valence-corrected chi connectivity index (χ1v) is 13.0. The zero-order chi connectivity index (χ0) is 25.0. The predicted molar refractivity (Wildman–Crippen MR) is 132 cm³/mol. The molecule has 1 aliphatic heterocycles. The third kappa shape index (κ3) is 5.77. The molecule has 1 N–H and O–H groups in total. The van der Waals surface area contributed by atoms with Crippen molar-refractivity contribution in [2.45, 2.75) is 23.8 Å². The maximum Gasteiger partial charge on any atom is 0.308 e. The molecule has 1 unspecified atom stereocenters. The highest BCUT2D eigenvalue weighted by atomic mass is 79.9. The molecule has 1 aliphatic rings. The summed E-state index contributed by atoms with van der Waals surface area (Å²) in [5, 5.41) is 2.64. The monoisotopic (exact) mass is 560 g/mol. The van der Waals surface area contributed by atoms with Gasteiger partial charge >= 0.3 is 5.97 Å². The Morgan fingerprint density at radius 1 is 1.03 bits per heavy atom. The van der Waals surface area contributed by atoms with Gasteiger partial charge in [-0.1, -0.05) is 36.4 Å². The first-order chi connectivity index (χ1) is 16.8. The third-order valence-corrected chi connectivity index (χ3v) is 8.27. The van der Waals surface area contributed by atoms with Crippen molar-refractivity contribution < 1.29 is 27.1 Å². The maximum atomic E-state index is 13.4. The SMILES string of the molecule is O=C(COC(=O)CC1c2ccccc2CCN1S(=O)(=O)c1ccc(F)cc1)Nc1ccccc1Br. The van der Waals surface area contributed by atoms with Gasteiger partial charge in [0.2, 0.25) is 10.0 Å². The number of rotatable bonds is 7. The van der Waals surface area contributed by atoms with Crippen LogP contribution in [0.3, 0.4) is 0 Å². The molecule has 1 amide bonds. The molecule has 1 heterocycles. The number of anilines is 1. The van der Waals surface area contributed by atoms with Crippen LogP contribution in [0.5, 0.6) is 0 Å². The molecule has 0 aromatic heterocycles. The van der Waals surface area contributed by atoms with E-state index in [1.807, 2.05) is 12.1 Å². The first kappa shape index (κ1) is 25.0. The summed E-state index contributed by atoms with van der Waals surface area (Å²) < 4.78 is 47.2. The Labute approximate surface area is 211 Å². The van der Waals surface area contributed by atoms with Crippen molar-refractivity contribution in [3.8, 4) is 0 Å². The van der Waals surface area contributed by atoms with E-state index in [2.05, 4.69) is 21.2 Å². The molecule has 3 aromatic rings. The van der Waals surface area contributed by atoms with Gasteiger partial charge in [-0.15, -0.1) is 0 Å². The van der Waals surface area contributed by atoms with Crippen LogP contribution in [-0.4, -0.2) is 37.8 Å². The summed E-state index contributed by atoms with van der Waals surface area (Å²) in [6, 6.07) is 18.0. The number of carbonyl (C=O) groups excluding carboxylic acids is 2. The van der Waals surface area contributed by atoms with Gasteiger partial charge in [0.1, 0.15) is 5.82 Å². The molecule has 7 nitrogen and oxygen atoms in total. The van der Waals surface area contributed by atoms with Crippen LogP contribution < -0.4 is 5.32 Å². The van der Waals surface area contributed by atoms with Crippen molar-refractivity contribution in [2.75, 3.05) is 18.5 Å². The van der Waals surface area contributed by atoms with Crippen LogP contribution in [-0.2, 0) is 30.8 Å². The predicted octanol–water partition coefficient (Wildman–Crippen LogP) is 4.45. The van der Waals surface area contributed by atoms with Crippen LogP contribution in [0, 0.1) is 5.82 Å². The Hall–Kier alpha value is -3.08. The maximum absolute atomic E-state index is 13.4. The van der Waals surface area contributed by atoms with E-state index >= 15 is 0 Å². The van der Waals surface area contributed by atoms with E-state index in [0.29, 0.717) is 22.1 Å². The molecule has 0 saturated heterocycles. The minimum atomic E-state index is -4.02. The molecule has 182 valence electrons. The molecular formula is C25H22BrFN2O5S. The average molecular weight is 561 g/mol. The van der Waals surface area contributed by atoms with E-state index in [9.17, 15) is 22.4 Å². The fraction of sp³-hybridized carbons (Fsp3) is 0.200. The lowest BCUT2D eigenvalue weighted by molar-refractivity contribution is -0.148. The molecule has 3 aromatic carbocycles. The topological polar surface area (TPSA) is 92.8 Å². The zero-order valence-electron chi connectivity index (χ0n) is 18.5. The van der Waals surface area contributed by atoms with E-state index in [1.165, 1.54) is 16.4 Å². The van der Waals surface area contributed by atoms with Crippen molar-refractivity contribution in [2.24, 2.45) is 0 Å². The number of nitrogens with zero attached hydrogens (tertiary/aromatic N) is 1. The standard InChI is InChI=1S/C25H22BrFN2O5S/c26-21-7-3-4-8-22(21)28-24(30)16-34-25(31)15-23-20-6-2-1-5-17(20)13-14-29(23)35(32,33)19-11-9-18(27)10-12-19/h1-12,23H,13-16H2,(H,28,30). The second-order valence-electron chi connectivity index (χ2n) is 7.93. The fourth-order valence-corrected chi connectivity index (χ4v) is 5.97. The molecule has 10 heteroatoms. The van der Waals surface area contributed by atoms with Crippen LogP contribution >= 0.6 is 15.9 Å². The van der Waals surface area contributed by atoms with E-state index in [-0.39, 0.29) is 17.9 Å². The van der Waals surface area contributed by atoms with Gasteiger partial charge in [-0.05, 0) is 69.9 Å². The molecule has 35 heavy (non-hydrogen) atoms. The summed E-state index contributed by atoms with van der Waals surface area (Å²) >= 11 is 3.33. The number of hydrogen-bond donors (Lipinski definition) is 1. The van der Waals surface area contributed by atoms with Crippen LogP contribution in [0.4, 0.5) is 10.1 Å². The van der Waals surface area contributed by atoms with Gasteiger partial charge in [-0.25, -0.2) is 12.8 Å². The smallest absolute Gasteiger partial charge is 0.308 e. The summed E-state index contributed by atoms with van der Waals surface area (Å²) in [5.74, 6) is -1.78. The highest BCUT2D eigenvalue weighted by Gasteiger charge is 2.37. The van der Waals surface area contributed by atoms with E-state index < -0.39 is 40.4 Å². The van der Waals surface area contributed by atoms with Crippen molar-refractivity contribution in [1.82, 2.24) is 4.31 Å². The number of fused-ring (bicyclic) bond motifs is 1. The Morgan fingerprint density at radius 3 is 2.46 bits per heavy atom. The number of halogens is 2. The molecule has 0 fully saturated rings. The molecule has 0 radical (unpaired) electrons. The largest absolute Gasteiger partial charge is 0.456 e. The lowest BCUT2D eigenvalue weighted by Crippen LogP contribution is -2.41. The summed E-state index contributed by atoms with van der Waals surface area (Å²) in [7, 11) is -4.02. The van der Waals surface area contributed by atoms with Crippen molar-refractivity contribution >= 4 is 43.5 Å². The molecular weight excluding hydrogens is 539 g/mol. The van der Waals surface area contributed by atoms with E-state index in [0.717, 1.165) is 17.7 Å². The second kappa shape index (κ2) is 10.7. The Balaban J connectivity index is 1.50. The Bertz CT molecular complexity index is 1350. The number of para-hydroxylation sites is 1. The summed E-state index contributed by atoms with van der Waals surface area (Å²) in [4.78, 5) is 24.9. The van der Waals surface area contributed by atoms with E-state index in [1.54, 1.807) is 36.4 Å². The van der Waals surface area contributed by atoms with E-state index in [4.69, 9.17) is 4.74 Å². The molecule has 1 atom stereocenters. The first-order valence-electron chi connectivity index (χ1n) is 10.8. The number of amides is 1. The molecule has 0 bridgehead atoms. The fourth-order valence-electron chi connectivity index (χ4n) is 3.98. The van der Waals surface area contributed by atoms with Gasteiger partial charge in [0.25, 0.3) is 5.91 Å². The second-order valence-corrected chi connectivity index (χ2v) is 10.7. The number of esters is 1. The van der Waals surface area contributed by atoms with Gasteiger partial charge in [0.05, 0.1) is 23.0 Å². The minimum Gasteiger partial charge on any atom is -0.456 e. The van der Waals surface area contributed by atoms with Crippen molar-refractivity contribution in [3.05, 3.63) is 94.2 Å². The number of sulfonamides is 1. The molecule has 0 aliphatic carbocycles. The number of hydrogen-bond acceptors (Lipinski definition) is 5. The quantitative estimate of drug-likeness (QED) is 0.431. The minimum absolute atomic E-state index is 0.0653. The van der Waals surface area contributed by atoms with Crippen LogP contribution in [0.2, 0.25) is 0 Å². The number of nitrogens with one attached hydrogen (secondary N) is 1. The van der Waals surface area contributed by atoms with Gasteiger partial charge in [-0.2, -0.15) is 4.31 Å². The highest BCUT2D eigenvalue weighted by Crippen LogP contribution is 2.36. The summed E-state index contributed by atoms with van der Waals surface area (Å²) in [6.45, 7) is -0.365.